The Morgan fingerprint density at radius 3 is 3.00 bits per heavy atom. The minimum Gasteiger partial charge on any atom is -0.377 e. The molecule has 0 spiro atoms. The zero-order chi connectivity index (χ0) is 19.0. The maximum absolute atomic E-state index is 13.5. The summed E-state index contributed by atoms with van der Waals surface area (Å²) in [7, 11) is 0. The Labute approximate surface area is 182 Å². The molecule has 1 saturated heterocycles. The van der Waals surface area contributed by atoms with Crippen LogP contribution >= 0.6 is 24.0 Å². The number of hydrogen-bond acceptors (Lipinski definition) is 2. The molecule has 3 unspecified atom stereocenters. The van der Waals surface area contributed by atoms with Crippen LogP contribution in [0, 0.1) is 17.2 Å². The quantitative estimate of drug-likeness (QED) is 0.332. The summed E-state index contributed by atoms with van der Waals surface area (Å²) in [6, 6.07) is 5.23. The minimum atomic E-state index is -0.206. The molecule has 0 amide bonds. The topological polar surface area (TPSA) is 61.4 Å². The predicted molar refractivity (Wildman–Crippen MR) is 122 cm³/mol. The van der Waals surface area contributed by atoms with Crippen molar-refractivity contribution in [2.24, 2.45) is 16.3 Å². The van der Waals surface area contributed by atoms with Crippen molar-refractivity contribution in [3.63, 3.8) is 0 Å². The Kier molecular flexibility index (Phi) is 6.54. The molecule has 2 heterocycles. The van der Waals surface area contributed by atoms with Crippen LogP contribution in [-0.2, 0) is 11.2 Å². The summed E-state index contributed by atoms with van der Waals surface area (Å²) in [5.41, 5.74) is 2.17. The van der Waals surface area contributed by atoms with Gasteiger partial charge in [0.2, 0.25) is 0 Å². The highest BCUT2D eigenvalue weighted by atomic mass is 127. The highest BCUT2D eigenvalue weighted by Crippen LogP contribution is 2.52. The smallest absolute Gasteiger partial charge is 0.191 e. The van der Waals surface area contributed by atoms with Crippen molar-refractivity contribution < 1.29 is 9.13 Å². The third-order valence-electron chi connectivity index (χ3n) is 6.12. The molecule has 0 bridgehead atoms. The minimum absolute atomic E-state index is 0. The standard InChI is InChI=1S/C21H29FN4O.HI/c1-4-23-20(26-18-15-8-10-27-19(15)21(18,2)3)24-9-7-13-12-25-17-6-5-14(22)11-16(13)17;/h5-6,11-12,15,18-19,25H,4,7-10H2,1-3H3,(H2,23,24,26);1H. The molecule has 7 heteroatoms. The van der Waals surface area contributed by atoms with Gasteiger partial charge in [0.15, 0.2) is 5.96 Å². The summed E-state index contributed by atoms with van der Waals surface area (Å²) in [6.45, 7) is 8.94. The van der Waals surface area contributed by atoms with Crippen molar-refractivity contribution in [3.05, 3.63) is 35.8 Å². The van der Waals surface area contributed by atoms with Gasteiger partial charge in [-0.1, -0.05) is 13.8 Å². The molecular formula is C21H30FIN4O. The molecule has 3 N–H and O–H groups in total. The molecule has 154 valence electrons. The van der Waals surface area contributed by atoms with Gasteiger partial charge >= 0.3 is 0 Å². The first-order valence-electron chi connectivity index (χ1n) is 9.92. The number of hydrogen-bond donors (Lipinski definition) is 3. The number of benzene rings is 1. The maximum atomic E-state index is 13.5. The molecule has 2 aliphatic rings. The fourth-order valence-electron chi connectivity index (χ4n) is 4.73. The first-order valence-corrected chi connectivity index (χ1v) is 9.92. The molecule has 4 rings (SSSR count). The second-order valence-corrected chi connectivity index (χ2v) is 8.20. The van der Waals surface area contributed by atoms with Crippen molar-refractivity contribution >= 4 is 40.8 Å². The van der Waals surface area contributed by atoms with Gasteiger partial charge in [-0.25, -0.2) is 4.39 Å². The lowest BCUT2D eigenvalue weighted by molar-refractivity contribution is -0.106. The number of halogens is 2. The molecule has 1 saturated carbocycles. The van der Waals surface area contributed by atoms with Crippen molar-refractivity contribution in [2.45, 2.75) is 45.8 Å². The monoisotopic (exact) mass is 500 g/mol. The van der Waals surface area contributed by atoms with E-state index in [1.54, 1.807) is 12.1 Å². The van der Waals surface area contributed by atoms with E-state index in [0.29, 0.717) is 24.6 Å². The van der Waals surface area contributed by atoms with E-state index in [0.717, 1.165) is 48.4 Å². The second kappa shape index (κ2) is 8.57. The fourth-order valence-corrected chi connectivity index (χ4v) is 4.73. The molecule has 5 nitrogen and oxygen atoms in total. The largest absolute Gasteiger partial charge is 0.377 e. The molecule has 1 aliphatic carbocycles. The van der Waals surface area contributed by atoms with E-state index in [9.17, 15) is 4.39 Å². The van der Waals surface area contributed by atoms with Crippen LogP contribution in [0.15, 0.2) is 29.4 Å². The molecule has 2 fully saturated rings. The van der Waals surface area contributed by atoms with Crippen LogP contribution in [0.5, 0.6) is 0 Å². The van der Waals surface area contributed by atoms with Crippen LogP contribution in [0.3, 0.4) is 0 Å². The van der Waals surface area contributed by atoms with E-state index in [-0.39, 0.29) is 35.2 Å². The average Bonchev–Trinajstić information content (AvgIpc) is 3.25. The van der Waals surface area contributed by atoms with Crippen LogP contribution in [0.25, 0.3) is 10.9 Å². The lowest BCUT2D eigenvalue weighted by atomic mass is 9.57. The number of guanidine groups is 1. The number of H-pyrrole nitrogens is 1. The zero-order valence-corrected chi connectivity index (χ0v) is 19.0. The SMILES string of the molecule is CCNC(=NCCc1c[nH]c2ccc(F)cc12)NC1C2CCOC2C1(C)C.I. The lowest BCUT2D eigenvalue weighted by Crippen LogP contribution is -2.68. The van der Waals surface area contributed by atoms with E-state index in [1.807, 2.05) is 6.20 Å². The molecule has 1 aromatic heterocycles. The van der Waals surface area contributed by atoms with Crippen molar-refractivity contribution in [2.75, 3.05) is 19.7 Å². The van der Waals surface area contributed by atoms with Crippen LogP contribution in [0.1, 0.15) is 32.8 Å². The fraction of sp³-hybridized carbons (Fsp3) is 0.571. The van der Waals surface area contributed by atoms with E-state index in [1.165, 1.54) is 6.07 Å². The van der Waals surface area contributed by atoms with Crippen LogP contribution < -0.4 is 10.6 Å². The van der Waals surface area contributed by atoms with Gasteiger partial charge in [0.1, 0.15) is 5.82 Å². The molecule has 28 heavy (non-hydrogen) atoms. The Bertz CT molecular complexity index is 850. The second-order valence-electron chi connectivity index (χ2n) is 8.20. The zero-order valence-electron chi connectivity index (χ0n) is 16.7. The molecule has 0 radical (unpaired) electrons. The number of nitrogens with zero attached hydrogens (tertiary/aromatic N) is 1. The Morgan fingerprint density at radius 1 is 1.39 bits per heavy atom. The van der Waals surface area contributed by atoms with E-state index < -0.39 is 0 Å². The van der Waals surface area contributed by atoms with Gasteiger partial charge in [-0.15, -0.1) is 24.0 Å². The summed E-state index contributed by atoms with van der Waals surface area (Å²) in [5, 5.41) is 7.93. The normalized spacial score (nSPS) is 25.7. The number of aromatic amines is 1. The number of ether oxygens (including phenoxy) is 1. The average molecular weight is 500 g/mol. The van der Waals surface area contributed by atoms with Crippen molar-refractivity contribution in [3.8, 4) is 0 Å². The first kappa shape index (κ1) is 21.4. The summed E-state index contributed by atoms with van der Waals surface area (Å²) < 4.78 is 19.4. The van der Waals surface area contributed by atoms with Gasteiger partial charge < -0.3 is 20.4 Å². The number of nitrogens with one attached hydrogen (secondary N) is 3. The third-order valence-corrected chi connectivity index (χ3v) is 6.12. The van der Waals surface area contributed by atoms with Gasteiger partial charge in [0, 0.05) is 54.2 Å². The number of aliphatic imine (C=N–C) groups is 1. The van der Waals surface area contributed by atoms with Crippen molar-refractivity contribution in [1.29, 1.82) is 0 Å². The third kappa shape index (κ3) is 3.87. The van der Waals surface area contributed by atoms with Crippen LogP contribution in [0.2, 0.25) is 0 Å². The van der Waals surface area contributed by atoms with E-state index in [2.05, 4.69) is 36.4 Å². The summed E-state index contributed by atoms with van der Waals surface area (Å²) in [4.78, 5) is 7.97. The van der Waals surface area contributed by atoms with Gasteiger partial charge in [0.25, 0.3) is 0 Å². The highest BCUT2D eigenvalue weighted by molar-refractivity contribution is 14.0. The lowest BCUT2D eigenvalue weighted by Gasteiger charge is -2.54. The molecule has 1 aliphatic heterocycles. The van der Waals surface area contributed by atoms with Gasteiger partial charge in [-0.2, -0.15) is 0 Å². The Balaban J connectivity index is 0.00000225. The van der Waals surface area contributed by atoms with Crippen molar-refractivity contribution in [1.82, 2.24) is 15.6 Å². The number of aromatic nitrogens is 1. The summed E-state index contributed by atoms with van der Waals surface area (Å²) >= 11 is 0. The maximum Gasteiger partial charge on any atom is 0.191 e. The molecule has 1 aromatic carbocycles. The van der Waals surface area contributed by atoms with Gasteiger partial charge in [0.05, 0.1) is 6.10 Å². The summed E-state index contributed by atoms with van der Waals surface area (Å²) in [6.07, 6.45) is 4.20. The summed E-state index contributed by atoms with van der Waals surface area (Å²) in [5.74, 6) is 1.22. The molecule has 2 aromatic rings. The number of fused-ring (bicyclic) bond motifs is 2. The predicted octanol–water partition coefficient (Wildman–Crippen LogP) is 3.84. The first-order chi connectivity index (χ1) is 13.0. The molecular weight excluding hydrogens is 470 g/mol. The van der Waals surface area contributed by atoms with E-state index >= 15 is 0 Å². The van der Waals surface area contributed by atoms with Gasteiger partial charge in [-0.05, 0) is 43.5 Å². The Hall–Kier alpha value is -1.35. The van der Waals surface area contributed by atoms with Crippen LogP contribution in [0.4, 0.5) is 4.39 Å². The highest BCUT2D eigenvalue weighted by Gasteiger charge is 2.59. The number of rotatable bonds is 5. The van der Waals surface area contributed by atoms with Crippen LogP contribution in [-0.4, -0.2) is 42.8 Å². The van der Waals surface area contributed by atoms with Gasteiger partial charge in [-0.3, -0.25) is 4.99 Å². The van der Waals surface area contributed by atoms with E-state index in [4.69, 9.17) is 9.73 Å². The molecule has 3 atom stereocenters. The Morgan fingerprint density at radius 2 is 2.21 bits per heavy atom.